The molecule has 0 aliphatic carbocycles. The van der Waals surface area contributed by atoms with Gasteiger partial charge < -0.3 is 9.88 Å². The molecule has 0 aliphatic rings. The predicted octanol–water partition coefficient (Wildman–Crippen LogP) is 5.42. The zero-order valence-electron chi connectivity index (χ0n) is 14.9. The minimum atomic E-state index is -0.0910. The minimum absolute atomic E-state index is 0.0910. The van der Waals surface area contributed by atoms with E-state index in [1.54, 1.807) is 0 Å². The van der Waals surface area contributed by atoms with E-state index in [4.69, 9.17) is 11.6 Å². The van der Waals surface area contributed by atoms with Crippen LogP contribution in [-0.4, -0.2) is 26.4 Å². The van der Waals surface area contributed by atoms with E-state index < -0.39 is 0 Å². The quantitative estimate of drug-likeness (QED) is 0.494. The maximum atomic E-state index is 12.3. The largest absolute Gasteiger partial charge is 0.325 e. The molecule has 0 aliphatic heterocycles. The summed E-state index contributed by atoms with van der Waals surface area (Å²) in [6, 6.07) is 13.2. The van der Waals surface area contributed by atoms with Gasteiger partial charge >= 0.3 is 0 Å². The second-order valence-corrected chi connectivity index (χ2v) is 8.04. The lowest BCUT2D eigenvalue weighted by molar-refractivity contribution is -0.113. The Balaban J connectivity index is 1.70. The van der Waals surface area contributed by atoms with Gasteiger partial charge in [-0.15, -0.1) is 10.2 Å². The monoisotopic (exact) mass is 464 g/mol. The maximum Gasteiger partial charge on any atom is 0.234 e. The summed E-state index contributed by atoms with van der Waals surface area (Å²) in [5.74, 6) is 0.858. The molecule has 0 unspecified atom stereocenters. The van der Waals surface area contributed by atoms with Crippen molar-refractivity contribution in [1.82, 2.24) is 14.8 Å². The van der Waals surface area contributed by atoms with Crippen LogP contribution in [0.1, 0.15) is 12.5 Å². The molecule has 0 saturated carbocycles. The first-order chi connectivity index (χ1) is 13.0. The summed E-state index contributed by atoms with van der Waals surface area (Å²) >= 11 is 11.1. The highest BCUT2D eigenvalue weighted by atomic mass is 79.9. The van der Waals surface area contributed by atoms with Crippen LogP contribution in [0.5, 0.6) is 0 Å². The topological polar surface area (TPSA) is 59.8 Å². The van der Waals surface area contributed by atoms with Crippen LogP contribution in [-0.2, 0) is 11.3 Å². The zero-order valence-corrected chi connectivity index (χ0v) is 18.0. The smallest absolute Gasteiger partial charge is 0.234 e. The van der Waals surface area contributed by atoms with Crippen LogP contribution in [0.4, 0.5) is 5.69 Å². The fourth-order valence-corrected chi connectivity index (χ4v) is 3.84. The number of aromatic nitrogens is 3. The molecular formula is C19H18BrClN4OS. The van der Waals surface area contributed by atoms with E-state index in [1.807, 2.05) is 60.9 Å². The highest BCUT2D eigenvalue weighted by Crippen LogP contribution is 2.29. The van der Waals surface area contributed by atoms with Crippen molar-refractivity contribution in [2.24, 2.45) is 0 Å². The first kappa shape index (κ1) is 19.9. The van der Waals surface area contributed by atoms with Crippen molar-refractivity contribution < 1.29 is 4.79 Å². The lowest BCUT2D eigenvalue weighted by Gasteiger charge is -2.09. The van der Waals surface area contributed by atoms with Crippen LogP contribution in [0.2, 0.25) is 5.02 Å². The average molecular weight is 466 g/mol. The molecule has 0 spiro atoms. The van der Waals surface area contributed by atoms with Crippen molar-refractivity contribution in [1.29, 1.82) is 0 Å². The maximum absolute atomic E-state index is 12.3. The van der Waals surface area contributed by atoms with Crippen molar-refractivity contribution in [2.45, 2.75) is 25.5 Å². The van der Waals surface area contributed by atoms with Crippen molar-refractivity contribution in [3.05, 3.63) is 57.5 Å². The molecule has 140 valence electrons. The molecule has 1 amide bonds. The number of benzene rings is 2. The number of nitrogens with one attached hydrogen (secondary N) is 1. The Bertz CT molecular complexity index is 976. The molecule has 8 heteroatoms. The number of aryl methyl sites for hydroxylation is 1. The SMILES string of the molecule is CCn1c(SCC(=O)Nc2ccc(Br)c(C)c2)nnc1-c1ccccc1Cl. The number of amides is 1. The van der Waals surface area contributed by atoms with E-state index in [-0.39, 0.29) is 11.7 Å². The number of thioether (sulfide) groups is 1. The molecule has 1 N–H and O–H groups in total. The van der Waals surface area contributed by atoms with Crippen molar-refractivity contribution in [3.8, 4) is 11.4 Å². The van der Waals surface area contributed by atoms with E-state index in [0.717, 1.165) is 21.3 Å². The molecule has 3 aromatic rings. The average Bonchev–Trinajstić information content (AvgIpc) is 3.06. The summed E-state index contributed by atoms with van der Waals surface area (Å²) in [5, 5.41) is 12.7. The van der Waals surface area contributed by atoms with E-state index in [1.165, 1.54) is 11.8 Å². The summed E-state index contributed by atoms with van der Waals surface area (Å²) in [6.45, 7) is 4.68. The molecule has 3 rings (SSSR count). The summed E-state index contributed by atoms with van der Waals surface area (Å²) in [5.41, 5.74) is 2.67. The summed E-state index contributed by atoms with van der Waals surface area (Å²) in [6.07, 6.45) is 0. The van der Waals surface area contributed by atoms with Gasteiger partial charge in [-0.3, -0.25) is 4.79 Å². The summed E-state index contributed by atoms with van der Waals surface area (Å²) in [7, 11) is 0. The molecule has 0 radical (unpaired) electrons. The molecule has 1 aromatic heterocycles. The van der Waals surface area contributed by atoms with Gasteiger partial charge in [0, 0.05) is 22.3 Å². The first-order valence-electron chi connectivity index (χ1n) is 8.36. The Morgan fingerprint density at radius 2 is 2.04 bits per heavy atom. The van der Waals surface area contributed by atoms with Gasteiger partial charge in [0.25, 0.3) is 0 Å². The van der Waals surface area contributed by atoms with Crippen LogP contribution in [0.15, 0.2) is 52.1 Å². The van der Waals surface area contributed by atoms with Crippen molar-refractivity contribution >= 4 is 50.9 Å². The van der Waals surface area contributed by atoms with Gasteiger partial charge in [-0.1, -0.05) is 51.4 Å². The van der Waals surface area contributed by atoms with Gasteiger partial charge in [-0.25, -0.2) is 0 Å². The van der Waals surface area contributed by atoms with E-state index in [0.29, 0.717) is 22.5 Å². The molecule has 1 heterocycles. The molecule has 0 atom stereocenters. The Morgan fingerprint density at radius 3 is 2.74 bits per heavy atom. The third kappa shape index (κ3) is 4.72. The predicted molar refractivity (Wildman–Crippen MR) is 114 cm³/mol. The van der Waals surface area contributed by atoms with Gasteiger partial charge in [-0.05, 0) is 49.7 Å². The second-order valence-electron chi connectivity index (χ2n) is 5.83. The van der Waals surface area contributed by atoms with Crippen LogP contribution in [0.3, 0.4) is 0 Å². The number of nitrogens with zero attached hydrogens (tertiary/aromatic N) is 3. The number of halogens is 2. The van der Waals surface area contributed by atoms with Crippen LogP contribution >= 0.6 is 39.3 Å². The molecule has 5 nitrogen and oxygen atoms in total. The highest BCUT2D eigenvalue weighted by Gasteiger charge is 2.16. The van der Waals surface area contributed by atoms with E-state index in [9.17, 15) is 4.79 Å². The number of rotatable bonds is 6. The van der Waals surface area contributed by atoms with Crippen LogP contribution in [0, 0.1) is 6.92 Å². The second kappa shape index (κ2) is 8.91. The van der Waals surface area contributed by atoms with Crippen LogP contribution in [0.25, 0.3) is 11.4 Å². The Morgan fingerprint density at radius 1 is 1.26 bits per heavy atom. The number of hydrogen-bond donors (Lipinski definition) is 1. The Kier molecular flexibility index (Phi) is 6.57. The molecule has 2 aromatic carbocycles. The summed E-state index contributed by atoms with van der Waals surface area (Å²) < 4.78 is 2.97. The fraction of sp³-hybridized carbons (Fsp3) is 0.211. The zero-order chi connectivity index (χ0) is 19.4. The van der Waals surface area contributed by atoms with E-state index in [2.05, 4.69) is 31.4 Å². The normalized spacial score (nSPS) is 10.8. The lowest BCUT2D eigenvalue weighted by atomic mass is 10.2. The Hall–Kier alpha value is -1.83. The fourth-order valence-electron chi connectivity index (χ4n) is 2.57. The van der Waals surface area contributed by atoms with Gasteiger partial charge in [0.15, 0.2) is 11.0 Å². The van der Waals surface area contributed by atoms with Gasteiger partial charge in [0.05, 0.1) is 10.8 Å². The van der Waals surface area contributed by atoms with E-state index >= 15 is 0 Å². The molecule has 0 saturated heterocycles. The number of carbonyl (C=O) groups excluding carboxylic acids is 1. The number of hydrogen-bond acceptors (Lipinski definition) is 4. The number of carbonyl (C=O) groups is 1. The van der Waals surface area contributed by atoms with Gasteiger partial charge in [0.1, 0.15) is 0 Å². The molecule has 27 heavy (non-hydrogen) atoms. The van der Waals surface area contributed by atoms with Gasteiger partial charge in [-0.2, -0.15) is 0 Å². The standard InChI is InChI=1S/C19H18BrClN4OS/c1-3-25-18(14-6-4-5-7-16(14)21)23-24-19(25)27-11-17(26)22-13-8-9-15(20)12(2)10-13/h4-10H,3,11H2,1-2H3,(H,22,26). The lowest BCUT2D eigenvalue weighted by Crippen LogP contribution is -2.14. The van der Waals surface area contributed by atoms with Crippen molar-refractivity contribution in [2.75, 3.05) is 11.1 Å². The molecule has 0 bridgehead atoms. The third-order valence-corrected chi connectivity index (χ3v) is 6.11. The third-order valence-electron chi connectivity index (χ3n) is 3.92. The van der Waals surface area contributed by atoms with Crippen molar-refractivity contribution in [3.63, 3.8) is 0 Å². The molecule has 0 fully saturated rings. The van der Waals surface area contributed by atoms with Gasteiger partial charge in [0.2, 0.25) is 5.91 Å². The highest BCUT2D eigenvalue weighted by molar-refractivity contribution is 9.10. The minimum Gasteiger partial charge on any atom is -0.325 e. The summed E-state index contributed by atoms with van der Waals surface area (Å²) in [4.78, 5) is 12.3. The first-order valence-corrected chi connectivity index (χ1v) is 10.5. The molecular weight excluding hydrogens is 448 g/mol. The Labute approximate surface area is 175 Å². The van der Waals surface area contributed by atoms with Crippen LogP contribution < -0.4 is 5.32 Å². The number of anilines is 1.